The molecule has 0 radical (unpaired) electrons. The van der Waals surface area contributed by atoms with E-state index in [-0.39, 0.29) is 12.5 Å². The van der Waals surface area contributed by atoms with Gasteiger partial charge in [0.2, 0.25) is 5.89 Å². The van der Waals surface area contributed by atoms with Crippen LogP contribution in [0.2, 0.25) is 0 Å². The van der Waals surface area contributed by atoms with Crippen LogP contribution in [0.25, 0.3) is 0 Å². The highest BCUT2D eigenvalue weighted by atomic mass is 16.5. The van der Waals surface area contributed by atoms with E-state index in [9.17, 15) is 9.90 Å². The largest absolute Gasteiger partial charge is 0.508 e. The number of aryl methyl sites for hydroxylation is 5. The number of aromatic hydroxyl groups is 1. The van der Waals surface area contributed by atoms with Gasteiger partial charge < -0.3 is 19.7 Å². The maximum absolute atomic E-state index is 11.4. The van der Waals surface area contributed by atoms with Crippen LogP contribution in [-0.4, -0.2) is 27.8 Å². The summed E-state index contributed by atoms with van der Waals surface area (Å²) in [5.41, 5.74) is 3.74. The number of hydrogen-bond donors (Lipinski definition) is 2. The predicted octanol–water partition coefficient (Wildman–Crippen LogP) is 2.98. The minimum absolute atomic E-state index is 0.0564. The lowest BCUT2D eigenvalue weighted by Gasteiger charge is -2.18. The average molecular weight is 379 g/mol. The summed E-state index contributed by atoms with van der Waals surface area (Å²) in [5.74, 6) is 2.11. The van der Waals surface area contributed by atoms with Gasteiger partial charge >= 0.3 is 0 Å². The van der Waals surface area contributed by atoms with Gasteiger partial charge in [0.25, 0.3) is 5.91 Å². The molecule has 2 N–H and O–H groups in total. The Bertz CT molecular complexity index is 1010. The van der Waals surface area contributed by atoms with Crippen molar-refractivity contribution in [2.24, 2.45) is 0 Å². The number of hydrogen-bond acceptors (Lipinski definition) is 6. The molecule has 0 unspecified atom stereocenters. The molecule has 2 aromatic carbocycles. The molecule has 1 aromatic heterocycles. The Morgan fingerprint density at radius 2 is 1.86 bits per heavy atom. The lowest BCUT2D eigenvalue weighted by atomic mass is 10.1. The minimum Gasteiger partial charge on any atom is -0.508 e. The number of nitrogens with zero attached hydrogens (tertiary/aromatic N) is 2. The predicted molar refractivity (Wildman–Crippen MR) is 103 cm³/mol. The molecule has 0 fully saturated rings. The summed E-state index contributed by atoms with van der Waals surface area (Å²) in [6.45, 7) is 1.93. The van der Waals surface area contributed by atoms with Crippen molar-refractivity contribution in [1.82, 2.24) is 10.1 Å². The van der Waals surface area contributed by atoms with Crippen molar-refractivity contribution >= 4 is 11.6 Å². The normalized spacial score (nSPS) is 13.0. The monoisotopic (exact) mass is 379 g/mol. The first kappa shape index (κ1) is 18.0. The number of nitrogens with one attached hydrogen (secondary N) is 1. The molecular formula is C21H21N3O4. The van der Waals surface area contributed by atoms with E-state index in [0.717, 1.165) is 29.5 Å². The molecule has 4 rings (SSSR count). The molecule has 0 aliphatic carbocycles. The maximum Gasteiger partial charge on any atom is 0.262 e. The first-order valence-electron chi connectivity index (χ1n) is 9.22. The fraction of sp³-hybridized carbons (Fsp3) is 0.286. The number of anilines is 1. The maximum atomic E-state index is 11.4. The van der Waals surface area contributed by atoms with Crippen LogP contribution in [0.15, 0.2) is 40.9 Å². The lowest BCUT2D eigenvalue weighted by Crippen LogP contribution is -2.25. The molecule has 3 aromatic rings. The molecule has 7 heteroatoms. The van der Waals surface area contributed by atoms with Crippen LogP contribution in [0.3, 0.4) is 0 Å². The highest BCUT2D eigenvalue weighted by Gasteiger charge is 2.16. The molecule has 1 aliphatic heterocycles. The van der Waals surface area contributed by atoms with Gasteiger partial charge in [-0.15, -0.1) is 0 Å². The van der Waals surface area contributed by atoms with Gasteiger partial charge in [0.15, 0.2) is 12.4 Å². The van der Waals surface area contributed by atoms with E-state index in [2.05, 4.69) is 15.5 Å². The van der Waals surface area contributed by atoms with Gasteiger partial charge in [-0.05, 0) is 54.7 Å². The van der Waals surface area contributed by atoms with Crippen LogP contribution in [0.5, 0.6) is 11.5 Å². The van der Waals surface area contributed by atoms with Crippen molar-refractivity contribution in [3.05, 3.63) is 64.8 Å². The van der Waals surface area contributed by atoms with Crippen molar-refractivity contribution in [3.63, 3.8) is 0 Å². The Kier molecular flexibility index (Phi) is 4.97. The third-order valence-electron chi connectivity index (χ3n) is 4.71. The number of benzene rings is 2. The summed E-state index contributed by atoms with van der Waals surface area (Å²) in [5, 5.41) is 16.5. The summed E-state index contributed by atoms with van der Waals surface area (Å²) in [6.07, 6.45) is 2.81. The molecule has 0 spiro atoms. The smallest absolute Gasteiger partial charge is 0.262 e. The van der Waals surface area contributed by atoms with Gasteiger partial charge in [0.1, 0.15) is 11.5 Å². The second-order valence-corrected chi connectivity index (χ2v) is 6.89. The summed E-state index contributed by atoms with van der Waals surface area (Å²) in [4.78, 5) is 15.9. The molecule has 1 aliphatic rings. The second kappa shape index (κ2) is 7.72. The number of carbonyl (C=O) groups is 1. The fourth-order valence-electron chi connectivity index (χ4n) is 3.16. The third kappa shape index (κ3) is 4.14. The Morgan fingerprint density at radius 1 is 1.07 bits per heavy atom. The van der Waals surface area contributed by atoms with Gasteiger partial charge in [-0.3, -0.25) is 4.79 Å². The summed E-state index contributed by atoms with van der Waals surface area (Å²) in [7, 11) is 0. The van der Waals surface area contributed by atoms with E-state index in [1.807, 2.05) is 37.3 Å². The van der Waals surface area contributed by atoms with E-state index < -0.39 is 0 Å². The zero-order valence-corrected chi connectivity index (χ0v) is 15.6. The van der Waals surface area contributed by atoms with Gasteiger partial charge in [-0.25, -0.2) is 0 Å². The van der Waals surface area contributed by atoms with Crippen LogP contribution in [0.4, 0.5) is 5.69 Å². The lowest BCUT2D eigenvalue weighted by molar-refractivity contribution is -0.118. The van der Waals surface area contributed by atoms with E-state index in [4.69, 9.17) is 9.26 Å². The first-order chi connectivity index (χ1) is 13.6. The van der Waals surface area contributed by atoms with Crippen LogP contribution in [0.1, 0.15) is 28.4 Å². The van der Waals surface area contributed by atoms with E-state index in [0.29, 0.717) is 41.7 Å². The number of amides is 1. The number of fused-ring (bicyclic) bond motifs is 1. The highest BCUT2D eigenvalue weighted by molar-refractivity contribution is 5.95. The Labute approximate surface area is 162 Å². The average Bonchev–Trinajstić information content (AvgIpc) is 3.15. The van der Waals surface area contributed by atoms with Crippen LogP contribution >= 0.6 is 0 Å². The third-order valence-corrected chi connectivity index (χ3v) is 4.71. The summed E-state index contributed by atoms with van der Waals surface area (Å²) >= 11 is 0. The summed E-state index contributed by atoms with van der Waals surface area (Å²) < 4.78 is 10.7. The fourth-order valence-corrected chi connectivity index (χ4v) is 3.16. The molecule has 0 saturated carbocycles. The molecular weight excluding hydrogens is 358 g/mol. The highest BCUT2D eigenvalue weighted by Crippen LogP contribution is 2.28. The standard InChI is InChI=1S/C21H21N3O4/c1-13-10-14(2-6-17(13)25)4-8-19-23-21(28-24-19)9-5-15-3-7-18-16(11-15)22-20(26)12-27-18/h2-3,6-7,10-11,25H,4-5,8-9,12H2,1H3,(H,22,26). The number of rotatable bonds is 6. The summed E-state index contributed by atoms with van der Waals surface area (Å²) in [6, 6.07) is 11.3. The SMILES string of the molecule is Cc1cc(CCc2noc(CCc3ccc4c(c3)NC(=O)CO4)n2)ccc1O. The minimum atomic E-state index is -0.144. The zero-order chi connectivity index (χ0) is 19.5. The van der Waals surface area contributed by atoms with Crippen molar-refractivity contribution in [2.45, 2.75) is 32.6 Å². The number of carbonyl (C=O) groups excluding carboxylic acids is 1. The number of ether oxygens (including phenoxy) is 1. The van der Waals surface area contributed by atoms with Crippen LogP contribution < -0.4 is 10.1 Å². The number of aromatic nitrogens is 2. The van der Waals surface area contributed by atoms with Crippen molar-refractivity contribution < 1.29 is 19.2 Å². The van der Waals surface area contributed by atoms with E-state index >= 15 is 0 Å². The van der Waals surface area contributed by atoms with Gasteiger partial charge in [-0.2, -0.15) is 4.98 Å². The van der Waals surface area contributed by atoms with Crippen LogP contribution in [0, 0.1) is 6.92 Å². The number of phenolic OH excluding ortho intramolecular Hbond substituents is 1. The molecule has 28 heavy (non-hydrogen) atoms. The van der Waals surface area contributed by atoms with Crippen LogP contribution in [-0.2, 0) is 30.5 Å². The van der Waals surface area contributed by atoms with Crippen molar-refractivity contribution in [1.29, 1.82) is 0 Å². The topological polar surface area (TPSA) is 97.5 Å². The second-order valence-electron chi connectivity index (χ2n) is 6.89. The van der Waals surface area contributed by atoms with Crippen molar-refractivity contribution in [3.8, 4) is 11.5 Å². The molecule has 7 nitrogen and oxygen atoms in total. The van der Waals surface area contributed by atoms with Gasteiger partial charge in [0, 0.05) is 12.8 Å². The quantitative estimate of drug-likeness (QED) is 0.683. The molecule has 0 bridgehead atoms. The number of phenols is 1. The van der Waals surface area contributed by atoms with E-state index in [1.165, 1.54) is 0 Å². The molecule has 1 amide bonds. The molecule has 2 heterocycles. The Balaban J connectivity index is 1.33. The first-order valence-corrected chi connectivity index (χ1v) is 9.22. The van der Waals surface area contributed by atoms with E-state index in [1.54, 1.807) is 6.07 Å². The molecule has 144 valence electrons. The zero-order valence-electron chi connectivity index (χ0n) is 15.6. The van der Waals surface area contributed by atoms with Gasteiger partial charge in [0.05, 0.1) is 5.69 Å². The van der Waals surface area contributed by atoms with Crippen molar-refractivity contribution in [2.75, 3.05) is 11.9 Å². The molecule has 0 saturated heterocycles. The Hall–Kier alpha value is -3.35. The molecule has 0 atom stereocenters. The van der Waals surface area contributed by atoms with Gasteiger partial charge in [-0.1, -0.05) is 23.4 Å². The Morgan fingerprint density at radius 3 is 2.71 bits per heavy atom.